The lowest BCUT2D eigenvalue weighted by atomic mass is 9.90. The molecule has 1 aliphatic heterocycles. The van der Waals surface area contributed by atoms with E-state index in [0.29, 0.717) is 11.6 Å². The van der Waals surface area contributed by atoms with Crippen LogP contribution < -0.4 is 0 Å². The second-order valence-corrected chi connectivity index (χ2v) is 4.57. The monoisotopic (exact) mass is 253 g/mol. The molecule has 90 valence electrons. The summed E-state index contributed by atoms with van der Waals surface area (Å²) in [5, 5.41) is 9.74. The van der Waals surface area contributed by atoms with Gasteiger partial charge in [-0.3, -0.25) is 9.59 Å². The third-order valence-electron chi connectivity index (χ3n) is 2.99. The molecule has 1 aliphatic rings. The Kier molecular flexibility index (Phi) is 3.07. The number of fused-ring (bicyclic) bond motifs is 1. The summed E-state index contributed by atoms with van der Waals surface area (Å²) in [5.74, 6) is -1.71. The van der Waals surface area contributed by atoms with Crippen LogP contribution >= 0.6 is 11.6 Å². The van der Waals surface area contributed by atoms with Crippen molar-refractivity contribution in [2.45, 2.75) is 19.4 Å². The highest BCUT2D eigenvalue weighted by molar-refractivity contribution is 6.30. The number of aliphatic carboxylic acids is 1. The molecule has 5 heteroatoms. The van der Waals surface area contributed by atoms with E-state index in [1.54, 1.807) is 18.2 Å². The first-order chi connectivity index (χ1) is 7.99. The Balaban J connectivity index is 2.45. The van der Waals surface area contributed by atoms with Crippen LogP contribution in [-0.4, -0.2) is 28.4 Å². The van der Waals surface area contributed by atoms with E-state index in [1.807, 2.05) is 0 Å². The summed E-state index contributed by atoms with van der Waals surface area (Å²) in [6.45, 7) is 2.09. The lowest BCUT2D eigenvalue weighted by Gasteiger charge is -2.32. The van der Waals surface area contributed by atoms with Gasteiger partial charge in [0.15, 0.2) is 0 Å². The molecule has 1 N–H and O–H groups in total. The van der Waals surface area contributed by atoms with Crippen LogP contribution in [0.1, 0.15) is 24.0 Å². The van der Waals surface area contributed by atoms with Crippen LogP contribution in [0.25, 0.3) is 0 Å². The molecule has 1 aromatic carbocycles. The molecular weight excluding hydrogens is 242 g/mol. The fourth-order valence-electron chi connectivity index (χ4n) is 2.09. The summed E-state index contributed by atoms with van der Waals surface area (Å²) in [4.78, 5) is 24.1. The van der Waals surface area contributed by atoms with E-state index in [0.717, 1.165) is 11.1 Å². The maximum atomic E-state index is 11.4. The summed E-state index contributed by atoms with van der Waals surface area (Å²) < 4.78 is 0. The molecule has 0 saturated heterocycles. The zero-order chi connectivity index (χ0) is 12.6. The molecule has 0 spiro atoms. The molecule has 4 nitrogen and oxygen atoms in total. The van der Waals surface area contributed by atoms with Crippen molar-refractivity contribution in [2.24, 2.45) is 0 Å². The van der Waals surface area contributed by atoms with Gasteiger partial charge in [0.1, 0.15) is 0 Å². The molecule has 0 radical (unpaired) electrons. The molecule has 1 atom stereocenters. The molecule has 1 heterocycles. The molecule has 2 rings (SSSR count). The minimum atomic E-state index is -0.917. The number of hydrogen-bond donors (Lipinski definition) is 1. The minimum Gasteiger partial charge on any atom is -0.481 e. The standard InChI is InChI=1S/C12H12ClNO3/c1-7(15)14-5-8-4-9(13)2-3-10(8)11(6-14)12(16)17/h2-4,11H,5-6H2,1H3,(H,16,17). The minimum absolute atomic E-state index is 0.123. The second kappa shape index (κ2) is 4.37. The fraction of sp³-hybridized carbons (Fsp3) is 0.333. The highest BCUT2D eigenvalue weighted by Gasteiger charge is 2.31. The maximum Gasteiger partial charge on any atom is 0.312 e. The van der Waals surface area contributed by atoms with Gasteiger partial charge in [-0.15, -0.1) is 0 Å². The van der Waals surface area contributed by atoms with Gasteiger partial charge in [0.25, 0.3) is 0 Å². The first-order valence-electron chi connectivity index (χ1n) is 5.25. The van der Waals surface area contributed by atoms with Crippen LogP contribution in [0.4, 0.5) is 0 Å². The lowest BCUT2D eigenvalue weighted by Crippen LogP contribution is -2.39. The van der Waals surface area contributed by atoms with E-state index < -0.39 is 11.9 Å². The van der Waals surface area contributed by atoms with Crippen molar-refractivity contribution in [1.29, 1.82) is 0 Å². The zero-order valence-electron chi connectivity index (χ0n) is 9.31. The van der Waals surface area contributed by atoms with Gasteiger partial charge < -0.3 is 10.0 Å². The smallest absolute Gasteiger partial charge is 0.312 e. The molecular formula is C12H12ClNO3. The molecule has 0 bridgehead atoms. The molecule has 1 amide bonds. The van der Waals surface area contributed by atoms with Crippen molar-refractivity contribution in [2.75, 3.05) is 6.54 Å². The molecule has 0 fully saturated rings. The van der Waals surface area contributed by atoms with Crippen molar-refractivity contribution >= 4 is 23.5 Å². The van der Waals surface area contributed by atoms with E-state index >= 15 is 0 Å². The Hall–Kier alpha value is -1.55. The summed E-state index contributed by atoms with van der Waals surface area (Å²) in [5.41, 5.74) is 1.56. The number of nitrogens with zero attached hydrogens (tertiary/aromatic N) is 1. The third kappa shape index (κ3) is 2.26. The van der Waals surface area contributed by atoms with E-state index in [-0.39, 0.29) is 12.5 Å². The average Bonchev–Trinajstić information content (AvgIpc) is 2.26. The van der Waals surface area contributed by atoms with Crippen LogP contribution in [0.2, 0.25) is 5.02 Å². The van der Waals surface area contributed by atoms with Crippen molar-refractivity contribution < 1.29 is 14.7 Å². The number of amides is 1. The molecule has 17 heavy (non-hydrogen) atoms. The van der Waals surface area contributed by atoms with Crippen molar-refractivity contribution in [1.82, 2.24) is 4.90 Å². The molecule has 1 unspecified atom stereocenters. The number of benzene rings is 1. The largest absolute Gasteiger partial charge is 0.481 e. The number of halogens is 1. The zero-order valence-corrected chi connectivity index (χ0v) is 10.1. The van der Waals surface area contributed by atoms with Gasteiger partial charge >= 0.3 is 5.97 Å². The van der Waals surface area contributed by atoms with Gasteiger partial charge in [-0.1, -0.05) is 17.7 Å². The van der Waals surface area contributed by atoms with Gasteiger partial charge in [0, 0.05) is 25.0 Å². The Morgan fingerprint density at radius 3 is 2.76 bits per heavy atom. The Morgan fingerprint density at radius 1 is 1.47 bits per heavy atom. The number of carboxylic acids is 1. The Bertz CT molecular complexity index is 487. The second-order valence-electron chi connectivity index (χ2n) is 4.13. The van der Waals surface area contributed by atoms with Gasteiger partial charge in [-0.25, -0.2) is 0 Å². The van der Waals surface area contributed by atoms with Crippen molar-refractivity contribution in [3.8, 4) is 0 Å². The summed E-state index contributed by atoms with van der Waals surface area (Å²) >= 11 is 5.88. The summed E-state index contributed by atoms with van der Waals surface area (Å²) in [6.07, 6.45) is 0. The molecule has 0 saturated carbocycles. The highest BCUT2D eigenvalue weighted by Crippen LogP contribution is 2.30. The van der Waals surface area contributed by atoms with Gasteiger partial charge in [-0.2, -0.15) is 0 Å². The van der Waals surface area contributed by atoms with Gasteiger partial charge in [0.2, 0.25) is 5.91 Å². The van der Waals surface area contributed by atoms with Crippen molar-refractivity contribution in [3.05, 3.63) is 34.3 Å². The predicted molar refractivity (Wildman–Crippen MR) is 62.9 cm³/mol. The van der Waals surface area contributed by atoms with Crippen LogP contribution in [0, 0.1) is 0 Å². The van der Waals surface area contributed by atoms with Gasteiger partial charge in [-0.05, 0) is 23.3 Å². The van der Waals surface area contributed by atoms with Crippen LogP contribution in [0.15, 0.2) is 18.2 Å². The van der Waals surface area contributed by atoms with Gasteiger partial charge in [0.05, 0.1) is 5.92 Å². The van der Waals surface area contributed by atoms with Crippen LogP contribution in [-0.2, 0) is 16.1 Å². The fourth-order valence-corrected chi connectivity index (χ4v) is 2.29. The van der Waals surface area contributed by atoms with Crippen LogP contribution in [0.5, 0.6) is 0 Å². The van der Waals surface area contributed by atoms with E-state index in [1.165, 1.54) is 11.8 Å². The van der Waals surface area contributed by atoms with E-state index in [2.05, 4.69) is 0 Å². The van der Waals surface area contributed by atoms with E-state index in [4.69, 9.17) is 11.6 Å². The highest BCUT2D eigenvalue weighted by atomic mass is 35.5. The summed E-state index contributed by atoms with van der Waals surface area (Å²) in [7, 11) is 0. The Morgan fingerprint density at radius 2 is 2.18 bits per heavy atom. The molecule has 1 aromatic rings. The number of carboxylic acid groups (broad SMARTS) is 1. The number of carbonyl (C=O) groups excluding carboxylic acids is 1. The predicted octanol–water partition coefficient (Wildman–Crippen LogP) is 1.87. The normalized spacial score (nSPS) is 18.7. The number of carbonyl (C=O) groups is 2. The summed E-state index contributed by atoms with van der Waals surface area (Å²) in [6, 6.07) is 5.13. The van der Waals surface area contributed by atoms with Crippen molar-refractivity contribution in [3.63, 3.8) is 0 Å². The topological polar surface area (TPSA) is 57.6 Å². The SMILES string of the molecule is CC(=O)N1Cc2cc(Cl)ccc2C(C(=O)O)C1. The Labute approximate surface area is 104 Å². The molecule has 0 aromatic heterocycles. The maximum absolute atomic E-state index is 11.4. The number of rotatable bonds is 1. The quantitative estimate of drug-likeness (QED) is 0.831. The number of hydrogen-bond acceptors (Lipinski definition) is 2. The van der Waals surface area contributed by atoms with Crippen LogP contribution in [0.3, 0.4) is 0 Å². The third-order valence-corrected chi connectivity index (χ3v) is 3.22. The first kappa shape index (κ1) is 11.9. The average molecular weight is 254 g/mol. The van der Waals surface area contributed by atoms with E-state index in [9.17, 15) is 14.7 Å². The first-order valence-corrected chi connectivity index (χ1v) is 5.63. The lowest BCUT2D eigenvalue weighted by molar-refractivity contribution is -0.141. The molecule has 0 aliphatic carbocycles.